The molecule has 0 bridgehead atoms. The summed E-state index contributed by atoms with van der Waals surface area (Å²) in [5, 5.41) is 11.3. The number of fused-ring (bicyclic) bond motifs is 3. The Hall–Kier alpha value is -1.96. The predicted octanol–water partition coefficient (Wildman–Crippen LogP) is 4.29. The van der Waals surface area contributed by atoms with E-state index in [-0.39, 0.29) is 0 Å². The number of nitrogens with zero attached hydrogens (tertiary/aromatic N) is 3. The molecule has 0 saturated carbocycles. The number of thiophene rings is 1. The minimum Gasteiger partial charge on any atom is -0.225 e. The summed E-state index contributed by atoms with van der Waals surface area (Å²) in [6.07, 6.45) is 3.87. The van der Waals surface area contributed by atoms with Crippen LogP contribution in [0.3, 0.4) is 0 Å². The van der Waals surface area contributed by atoms with E-state index in [1.165, 1.54) is 16.8 Å². The van der Waals surface area contributed by atoms with E-state index < -0.39 is 5.41 Å². The van der Waals surface area contributed by atoms with E-state index in [1.807, 2.05) is 30.3 Å². The summed E-state index contributed by atoms with van der Waals surface area (Å²) >= 11 is 7.89. The Morgan fingerprint density at radius 1 is 1.23 bits per heavy atom. The van der Waals surface area contributed by atoms with Gasteiger partial charge in [0.15, 0.2) is 0 Å². The predicted molar refractivity (Wildman–Crippen MR) is 88.2 cm³/mol. The fourth-order valence-corrected chi connectivity index (χ4v) is 4.87. The van der Waals surface area contributed by atoms with Crippen molar-refractivity contribution in [1.82, 2.24) is 9.97 Å². The quantitative estimate of drug-likeness (QED) is 0.627. The molecule has 4 rings (SSSR count). The van der Waals surface area contributed by atoms with Gasteiger partial charge >= 0.3 is 0 Å². The minimum atomic E-state index is -0.449. The molecule has 5 heteroatoms. The van der Waals surface area contributed by atoms with E-state index in [0.29, 0.717) is 5.15 Å². The Balaban J connectivity index is 1.86. The molecule has 22 heavy (non-hydrogen) atoms. The van der Waals surface area contributed by atoms with Crippen LogP contribution >= 0.6 is 22.9 Å². The Labute approximate surface area is 137 Å². The Bertz CT molecular complexity index is 897. The van der Waals surface area contributed by atoms with Gasteiger partial charge in [-0.15, -0.1) is 11.3 Å². The third-order valence-electron chi connectivity index (χ3n) is 4.43. The van der Waals surface area contributed by atoms with Crippen LogP contribution in [0.25, 0.3) is 10.2 Å². The van der Waals surface area contributed by atoms with E-state index in [4.69, 9.17) is 11.6 Å². The van der Waals surface area contributed by atoms with Crippen LogP contribution in [0.1, 0.15) is 22.4 Å². The first-order valence-corrected chi connectivity index (χ1v) is 8.30. The van der Waals surface area contributed by atoms with Gasteiger partial charge in [-0.25, -0.2) is 9.97 Å². The van der Waals surface area contributed by atoms with E-state index >= 15 is 0 Å². The minimum absolute atomic E-state index is 0.449. The first-order chi connectivity index (χ1) is 10.7. The van der Waals surface area contributed by atoms with Gasteiger partial charge in [0.2, 0.25) is 0 Å². The van der Waals surface area contributed by atoms with E-state index in [2.05, 4.69) is 16.0 Å². The number of aromatic nitrogens is 2. The number of halogens is 1. The van der Waals surface area contributed by atoms with Crippen molar-refractivity contribution in [2.24, 2.45) is 0 Å². The molecule has 1 aromatic carbocycles. The second kappa shape index (κ2) is 5.05. The molecule has 2 heterocycles. The van der Waals surface area contributed by atoms with Crippen molar-refractivity contribution in [2.75, 3.05) is 0 Å². The van der Waals surface area contributed by atoms with E-state index in [0.717, 1.165) is 35.0 Å². The van der Waals surface area contributed by atoms with Gasteiger partial charge in [-0.3, -0.25) is 0 Å². The summed E-state index contributed by atoms with van der Waals surface area (Å²) in [5.74, 6) is 0. The van der Waals surface area contributed by atoms with Crippen LogP contribution in [0.4, 0.5) is 0 Å². The van der Waals surface area contributed by atoms with Crippen molar-refractivity contribution in [3.63, 3.8) is 0 Å². The van der Waals surface area contributed by atoms with Crippen molar-refractivity contribution < 1.29 is 0 Å². The Kier molecular flexibility index (Phi) is 3.14. The number of hydrogen-bond acceptors (Lipinski definition) is 4. The second-order valence-corrected chi connectivity index (χ2v) is 7.03. The third-order valence-corrected chi connectivity index (χ3v) is 5.86. The molecule has 0 spiro atoms. The number of aryl methyl sites for hydroxylation is 1. The highest BCUT2D eigenvalue weighted by atomic mass is 35.5. The maximum Gasteiger partial charge on any atom is 0.141 e. The van der Waals surface area contributed by atoms with Gasteiger partial charge in [0.1, 0.15) is 16.3 Å². The molecular weight excluding hydrogens is 314 g/mol. The average Bonchev–Trinajstić information content (AvgIpc) is 2.94. The molecule has 1 aliphatic rings. The molecule has 0 saturated heterocycles. The molecule has 108 valence electrons. The van der Waals surface area contributed by atoms with Crippen LogP contribution in [-0.4, -0.2) is 9.97 Å². The van der Waals surface area contributed by atoms with Crippen molar-refractivity contribution in [2.45, 2.75) is 24.7 Å². The fourth-order valence-electron chi connectivity index (χ4n) is 3.27. The SMILES string of the molecule is N#C[C@]1(c2ccccc2)CCc2c(sc3ncnc(Cl)c23)C1. The van der Waals surface area contributed by atoms with Crippen molar-refractivity contribution in [3.8, 4) is 6.07 Å². The summed E-state index contributed by atoms with van der Waals surface area (Å²) < 4.78 is 0. The maximum atomic E-state index is 9.85. The van der Waals surface area contributed by atoms with Gasteiger partial charge < -0.3 is 0 Å². The smallest absolute Gasteiger partial charge is 0.141 e. The first-order valence-electron chi connectivity index (χ1n) is 7.11. The molecule has 2 aromatic heterocycles. The normalized spacial score (nSPS) is 20.5. The van der Waals surface area contributed by atoms with Crippen LogP contribution in [-0.2, 0) is 18.3 Å². The monoisotopic (exact) mass is 325 g/mol. The van der Waals surface area contributed by atoms with Gasteiger partial charge in [0.05, 0.1) is 16.9 Å². The van der Waals surface area contributed by atoms with Crippen molar-refractivity contribution in [3.05, 3.63) is 57.8 Å². The molecule has 0 amide bonds. The second-order valence-electron chi connectivity index (χ2n) is 5.59. The molecule has 0 radical (unpaired) electrons. The highest BCUT2D eigenvalue weighted by molar-refractivity contribution is 7.19. The van der Waals surface area contributed by atoms with Crippen molar-refractivity contribution in [1.29, 1.82) is 5.26 Å². The molecule has 0 aliphatic heterocycles. The standard InChI is InChI=1S/C17H12ClN3S/c18-15-14-12-6-7-17(9-19,11-4-2-1-3-5-11)8-13(12)22-16(14)21-10-20-15/h1-5,10H,6-8H2/t17-/m0/s1. The van der Waals surface area contributed by atoms with Crippen molar-refractivity contribution >= 4 is 33.2 Å². The first kappa shape index (κ1) is 13.7. The number of nitriles is 1. The Morgan fingerprint density at radius 2 is 2.05 bits per heavy atom. The molecule has 1 aliphatic carbocycles. The summed E-state index contributed by atoms with van der Waals surface area (Å²) in [4.78, 5) is 10.6. The third kappa shape index (κ3) is 1.93. The summed E-state index contributed by atoms with van der Waals surface area (Å²) in [7, 11) is 0. The highest BCUT2D eigenvalue weighted by Gasteiger charge is 2.38. The van der Waals surface area contributed by atoms with E-state index in [9.17, 15) is 5.26 Å². The maximum absolute atomic E-state index is 9.85. The zero-order chi connectivity index (χ0) is 15.2. The molecule has 1 atom stereocenters. The summed E-state index contributed by atoms with van der Waals surface area (Å²) in [6, 6.07) is 12.6. The molecular formula is C17H12ClN3S. The molecule has 3 nitrogen and oxygen atoms in total. The van der Waals surface area contributed by atoms with Gasteiger partial charge in [0, 0.05) is 11.3 Å². The lowest BCUT2D eigenvalue weighted by atomic mass is 9.70. The lowest BCUT2D eigenvalue weighted by molar-refractivity contribution is 0.480. The Morgan fingerprint density at radius 3 is 2.82 bits per heavy atom. The molecule has 3 aromatic rings. The lowest BCUT2D eigenvalue weighted by Gasteiger charge is -2.31. The lowest BCUT2D eigenvalue weighted by Crippen LogP contribution is -2.31. The topological polar surface area (TPSA) is 49.6 Å². The zero-order valence-corrected chi connectivity index (χ0v) is 13.3. The van der Waals surface area contributed by atoms with Crippen LogP contribution in [0.5, 0.6) is 0 Å². The van der Waals surface area contributed by atoms with Crippen LogP contribution in [0.15, 0.2) is 36.7 Å². The number of benzene rings is 1. The van der Waals surface area contributed by atoms with Crippen LogP contribution < -0.4 is 0 Å². The van der Waals surface area contributed by atoms with Gasteiger partial charge in [-0.05, 0) is 24.0 Å². The van der Waals surface area contributed by atoms with Gasteiger partial charge in [-0.1, -0.05) is 41.9 Å². The number of hydrogen-bond donors (Lipinski definition) is 0. The van der Waals surface area contributed by atoms with E-state index in [1.54, 1.807) is 11.3 Å². The number of rotatable bonds is 1. The fraction of sp³-hybridized carbons (Fsp3) is 0.235. The van der Waals surface area contributed by atoms with Gasteiger partial charge in [-0.2, -0.15) is 5.26 Å². The molecule has 0 unspecified atom stereocenters. The molecule has 0 N–H and O–H groups in total. The van der Waals surface area contributed by atoms with Gasteiger partial charge in [0.25, 0.3) is 0 Å². The molecule has 0 fully saturated rings. The largest absolute Gasteiger partial charge is 0.225 e. The zero-order valence-electron chi connectivity index (χ0n) is 11.7. The average molecular weight is 326 g/mol. The van der Waals surface area contributed by atoms with Crippen LogP contribution in [0, 0.1) is 11.3 Å². The summed E-state index contributed by atoms with van der Waals surface area (Å²) in [5.41, 5.74) is 1.87. The highest BCUT2D eigenvalue weighted by Crippen LogP contribution is 2.45. The van der Waals surface area contributed by atoms with Crippen LogP contribution in [0.2, 0.25) is 5.15 Å². The summed E-state index contributed by atoms with van der Waals surface area (Å²) in [6.45, 7) is 0.